The van der Waals surface area contributed by atoms with Crippen molar-refractivity contribution in [2.75, 3.05) is 13.4 Å². The molecule has 0 saturated heterocycles. The second-order valence-corrected chi connectivity index (χ2v) is 2.45. The van der Waals surface area contributed by atoms with Gasteiger partial charge < -0.3 is 9.47 Å². The van der Waals surface area contributed by atoms with Crippen molar-refractivity contribution in [1.29, 1.82) is 0 Å². The lowest BCUT2D eigenvalue weighted by molar-refractivity contribution is 0.0184. The summed E-state index contributed by atoms with van der Waals surface area (Å²) in [5.74, 6) is 0. The molecule has 0 amide bonds. The zero-order valence-electron chi connectivity index (χ0n) is 6.34. The number of carbonyl (C=O) groups is 1. The summed E-state index contributed by atoms with van der Waals surface area (Å²) in [5.41, 5.74) is 0. The van der Waals surface area contributed by atoms with Crippen molar-refractivity contribution >= 4 is 29.2 Å². The summed E-state index contributed by atoms with van der Waals surface area (Å²) in [6.07, 6.45) is 1.19. The average molecular weight is 274 g/mol. The zero-order valence-corrected chi connectivity index (χ0v) is 8.50. The van der Waals surface area contributed by atoms with Gasteiger partial charge in [0, 0.05) is 0 Å². The Hall–Kier alpha value is -0.0400. The number of halogens is 1. The first kappa shape index (κ1) is 11.0. The van der Waals surface area contributed by atoms with Gasteiger partial charge in [-0.25, -0.2) is 4.79 Å². The van der Waals surface area contributed by atoms with Gasteiger partial charge >= 0.3 is 6.16 Å². The van der Waals surface area contributed by atoms with Crippen LogP contribution in [0.4, 0.5) is 4.79 Å². The van der Waals surface area contributed by atoms with Gasteiger partial charge in [-0.1, -0.05) is 13.3 Å². The van der Waals surface area contributed by atoms with E-state index in [1.165, 1.54) is 0 Å². The normalized spacial score (nSPS) is 9.27. The quantitative estimate of drug-likeness (QED) is 0.334. The molecule has 0 saturated carbocycles. The van der Waals surface area contributed by atoms with Crippen LogP contribution < -0.4 is 0 Å². The van der Waals surface area contributed by atoms with E-state index >= 15 is 0 Å². The first-order chi connectivity index (χ1) is 5.31. The molecule has 5 heteroatoms. The van der Waals surface area contributed by atoms with Crippen LogP contribution >= 0.6 is 23.0 Å². The topological polar surface area (TPSA) is 44.8 Å². The molecule has 66 valence electrons. The van der Waals surface area contributed by atoms with Gasteiger partial charge in [-0.2, -0.15) is 0 Å². The van der Waals surface area contributed by atoms with Gasteiger partial charge in [0.1, 0.15) is 23.0 Å². The summed E-state index contributed by atoms with van der Waals surface area (Å²) in [5, 5.41) is 0. The van der Waals surface area contributed by atoms with Gasteiger partial charge in [-0.3, -0.25) is 3.07 Å². The van der Waals surface area contributed by atoms with Gasteiger partial charge in [0.25, 0.3) is 0 Å². The highest BCUT2D eigenvalue weighted by molar-refractivity contribution is 14.1. The molecule has 0 aliphatic rings. The smallest absolute Gasteiger partial charge is 0.434 e. The Labute approximate surface area is 79.9 Å². The SMILES string of the molecule is CCCCOC(=O)OCOI. The maximum Gasteiger partial charge on any atom is 0.510 e. The molecule has 11 heavy (non-hydrogen) atoms. The van der Waals surface area contributed by atoms with Crippen LogP contribution in [0.25, 0.3) is 0 Å². The molecule has 0 heterocycles. The first-order valence-electron chi connectivity index (χ1n) is 3.34. The predicted molar refractivity (Wildman–Crippen MR) is 47.3 cm³/mol. The number of ether oxygens (including phenoxy) is 2. The Morgan fingerprint density at radius 1 is 1.45 bits per heavy atom. The van der Waals surface area contributed by atoms with Crippen molar-refractivity contribution < 1.29 is 17.3 Å². The fraction of sp³-hybridized carbons (Fsp3) is 0.833. The monoisotopic (exact) mass is 274 g/mol. The summed E-state index contributed by atoms with van der Waals surface area (Å²) in [4.78, 5) is 10.5. The molecule has 0 aliphatic carbocycles. The minimum Gasteiger partial charge on any atom is -0.434 e. The highest BCUT2D eigenvalue weighted by Gasteiger charge is 2.00. The molecular formula is C6H11IO4. The van der Waals surface area contributed by atoms with Gasteiger partial charge in [0.05, 0.1) is 6.61 Å². The highest BCUT2D eigenvalue weighted by Crippen LogP contribution is 1.93. The van der Waals surface area contributed by atoms with Crippen LogP contribution in [0.15, 0.2) is 0 Å². The number of unbranched alkanes of at least 4 members (excludes halogenated alkanes) is 1. The Bertz CT molecular complexity index is 107. The van der Waals surface area contributed by atoms with Gasteiger partial charge in [-0.15, -0.1) is 0 Å². The van der Waals surface area contributed by atoms with Crippen molar-refractivity contribution in [2.45, 2.75) is 19.8 Å². The molecule has 0 rings (SSSR count). The van der Waals surface area contributed by atoms with Gasteiger partial charge in [0.15, 0.2) is 0 Å². The maximum atomic E-state index is 10.5. The summed E-state index contributed by atoms with van der Waals surface area (Å²) in [7, 11) is 0. The predicted octanol–water partition coefficient (Wildman–Crippen LogP) is 2.26. The lowest BCUT2D eigenvalue weighted by Crippen LogP contribution is -2.09. The molecule has 0 N–H and O–H groups in total. The van der Waals surface area contributed by atoms with E-state index in [0.29, 0.717) is 6.61 Å². The van der Waals surface area contributed by atoms with E-state index in [2.05, 4.69) is 12.5 Å². The van der Waals surface area contributed by atoms with Crippen molar-refractivity contribution in [3.63, 3.8) is 0 Å². The lowest BCUT2D eigenvalue weighted by Gasteiger charge is -2.02. The molecule has 0 unspecified atom stereocenters. The molecule has 0 bridgehead atoms. The second-order valence-electron chi connectivity index (χ2n) is 1.82. The van der Waals surface area contributed by atoms with Crippen LogP contribution in [0.1, 0.15) is 19.8 Å². The largest absolute Gasteiger partial charge is 0.510 e. The van der Waals surface area contributed by atoms with Crippen LogP contribution in [0, 0.1) is 0 Å². The molecule has 0 aliphatic heterocycles. The number of rotatable bonds is 5. The van der Waals surface area contributed by atoms with E-state index < -0.39 is 6.16 Å². The van der Waals surface area contributed by atoms with Crippen LogP contribution in [0.5, 0.6) is 0 Å². The first-order valence-corrected chi connectivity index (χ1v) is 4.22. The third kappa shape index (κ3) is 7.86. The van der Waals surface area contributed by atoms with E-state index in [-0.39, 0.29) is 6.79 Å². The van der Waals surface area contributed by atoms with Crippen molar-refractivity contribution in [2.24, 2.45) is 0 Å². The van der Waals surface area contributed by atoms with Crippen molar-refractivity contribution in [1.82, 2.24) is 0 Å². The zero-order chi connectivity index (χ0) is 8.53. The van der Waals surface area contributed by atoms with E-state index in [4.69, 9.17) is 0 Å². The van der Waals surface area contributed by atoms with Crippen molar-refractivity contribution in [3.05, 3.63) is 0 Å². The van der Waals surface area contributed by atoms with Gasteiger partial charge in [-0.05, 0) is 6.42 Å². The Morgan fingerprint density at radius 2 is 2.18 bits per heavy atom. The van der Waals surface area contributed by atoms with Gasteiger partial charge in [0.2, 0.25) is 6.79 Å². The fourth-order valence-corrected chi connectivity index (χ4v) is 0.539. The molecule has 0 fully saturated rings. The Morgan fingerprint density at radius 3 is 2.73 bits per heavy atom. The average Bonchev–Trinajstić information content (AvgIpc) is 2.01. The van der Waals surface area contributed by atoms with E-state index in [9.17, 15) is 4.79 Å². The second kappa shape index (κ2) is 8.06. The van der Waals surface area contributed by atoms with Crippen LogP contribution in [-0.4, -0.2) is 19.6 Å². The third-order valence-corrected chi connectivity index (χ3v) is 1.19. The number of hydrogen-bond acceptors (Lipinski definition) is 4. The lowest BCUT2D eigenvalue weighted by atomic mass is 10.4. The molecule has 0 aromatic heterocycles. The highest BCUT2D eigenvalue weighted by atomic mass is 127. The Kier molecular flexibility index (Phi) is 8.03. The standard InChI is InChI=1S/C6H11IO4/c1-2-3-4-9-6(8)10-5-11-7/h2-5H2,1H3. The molecule has 0 atom stereocenters. The number of hydrogen-bond donors (Lipinski definition) is 0. The van der Waals surface area contributed by atoms with E-state index in [0.717, 1.165) is 12.8 Å². The molecule has 4 nitrogen and oxygen atoms in total. The number of carbonyl (C=O) groups excluding carboxylic acids is 1. The summed E-state index contributed by atoms with van der Waals surface area (Å²) in [6, 6.07) is 0. The summed E-state index contributed by atoms with van der Waals surface area (Å²) < 4.78 is 13.6. The van der Waals surface area contributed by atoms with E-state index in [1.807, 2.05) is 6.92 Å². The molecule has 0 aromatic carbocycles. The van der Waals surface area contributed by atoms with Crippen LogP contribution in [0.3, 0.4) is 0 Å². The Balaban J connectivity index is 3.09. The summed E-state index contributed by atoms with van der Waals surface area (Å²) >= 11 is 1.63. The molecule has 0 spiro atoms. The molecule has 0 aromatic rings. The van der Waals surface area contributed by atoms with Crippen LogP contribution in [-0.2, 0) is 12.5 Å². The molecule has 0 radical (unpaired) electrons. The van der Waals surface area contributed by atoms with E-state index in [1.54, 1.807) is 23.0 Å². The van der Waals surface area contributed by atoms with Crippen molar-refractivity contribution in [3.8, 4) is 0 Å². The fourth-order valence-electron chi connectivity index (χ4n) is 0.412. The van der Waals surface area contributed by atoms with Crippen LogP contribution in [0.2, 0.25) is 0 Å². The minimum absolute atomic E-state index is 0.0640. The summed E-state index contributed by atoms with van der Waals surface area (Å²) in [6.45, 7) is 2.37. The molecular weight excluding hydrogens is 263 g/mol. The minimum atomic E-state index is -0.671. The maximum absolute atomic E-state index is 10.5. The third-order valence-electron chi connectivity index (χ3n) is 0.939.